The number of rotatable bonds is 8. The van der Waals surface area contributed by atoms with Gasteiger partial charge in [-0.25, -0.2) is 4.79 Å². The van der Waals surface area contributed by atoms with Crippen LogP contribution >= 0.6 is 0 Å². The van der Waals surface area contributed by atoms with Gasteiger partial charge in [0, 0.05) is 11.8 Å². The molecule has 0 aromatic heterocycles. The van der Waals surface area contributed by atoms with Crippen molar-refractivity contribution < 1.29 is 24.3 Å². The first-order valence-corrected chi connectivity index (χ1v) is 8.62. The van der Waals surface area contributed by atoms with E-state index in [2.05, 4.69) is 5.32 Å². The smallest absolute Gasteiger partial charge is 0.337 e. The molecule has 0 saturated heterocycles. The maximum atomic E-state index is 11.5. The molecule has 0 aliphatic rings. The minimum Gasteiger partial charge on any atom is -0.495 e. The van der Waals surface area contributed by atoms with Crippen LogP contribution < -0.4 is 14.8 Å². The number of nitrogens with one attached hydrogen (secondary N) is 1. The number of carbonyl (C=O) groups is 1. The van der Waals surface area contributed by atoms with E-state index in [4.69, 9.17) is 9.47 Å². The van der Waals surface area contributed by atoms with Crippen molar-refractivity contribution in [2.45, 2.75) is 6.61 Å². The summed E-state index contributed by atoms with van der Waals surface area (Å²) in [5.41, 5.74) is 1.16. The third kappa shape index (κ3) is 4.62. The molecule has 0 heterocycles. The van der Waals surface area contributed by atoms with Crippen LogP contribution in [0.5, 0.6) is 11.5 Å². The highest BCUT2D eigenvalue weighted by Gasteiger charge is 2.19. The van der Waals surface area contributed by atoms with Gasteiger partial charge in [0.05, 0.1) is 23.3 Å². The number of anilines is 2. The Labute approximate surface area is 166 Å². The Hall–Kier alpha value is -4.07. The predicted molar refractivity (Wildman–Crippen MR) is 107 cm³/mol. The molecule has 0 aliphatic heterocycles. The maximum Gasteiger partial charge on any atom is 0.337 e. The first-order chi connectivity index (χ1) is 14.0. The number of nitro benzene ring substituents is 1. The zero-order valence-corrected chi connectivity index (χ0v) is 15.5. The molecule has 8 heteroatoms. The van der Waals surface area contributed by atoms with E-state index in [1.54, 1.807) is 18.2 Å². The zero-order chi connectivity index (χ0) is 20.8. The number of nitro groups is 1. The summed E-state index contributed by atoms with van der Waals surface area (Å²) in [6, 6.07) is 18.2. The first-order valence-electron chi connectivity index (χ1n) is 8.62. The molecule has 0 aliphatic carbocycles. The molecule has 3 aromatic carbocycles. The molecule has 0 radical (unpaired) electrons. The standard InChI is InChI=1S/C21H18N2O6/c1-28-19-9-5-8-16(21(24)25)20(19)22-15-10-11-18(17(12-15)23(26)27)29-13-14-6-3-2-4-7-14/h2-12,22H,13H2,1H3,(H,24,25). The van der Waals surface area contributed by atoms with Crippen molar-refractivity contribution >= 4 is 23.0 Å². The number of carboxylic acid groups (broad SMARTS) is 1. The average Bonchev–Trinajstić information content (AvgIpc) is 2.73. The van der Waals surface area contributed by atoms with Crippen molar-refractivity contribution in [3.05, 3.63) is 88.0 Å². The van der Waals surface area contributed by atoms with Crippen LogP contribution in [-0.2, 0) is 6.61 Å². The van der Waals surface area contributed by atoms with Gasteiger partial charge in [0.25, 0.3) is 0 Å². The summed E-state index contributed by atoms with van der Waals surface area (Å²) in [4.78, 5) is 22.5. The van der Waals surface area contributed by atoms with Crippen LogP contribution in [0.4, 0.5) is 17.1 Å². The van der Waals surface area contributed by atoms with Crippen molar-refractivity contribution in [2.75, 3.05) is 12.4 Å². The summed E-state index contributed by atoms with van der Waals surface area (Å²) >= 11 is 0. The SMILES string of the molecule is COc1cccc(C(=O)O)c1Nc1ccc(OCc2ccccc2)c([N+](=O)[O-])c1. The lowest BCUT2D eigenvalue weighted by molar-refractivity contribution is -0.385. The molecule has 0 amide bonds. The van der Waals surface area contributed by atoms with Crippen LogP contribution in [0.1, 0.15) is 15.9 Å². The lowest BCUT2D eigenvalue weighted by Crippen LogP contribution is -2.05. The van der Waals surface area contributed by atoms with Crippen molar-refractivity contribution in [1.82, 2.24) is 0 Å². The van der Waals surface area contributed by atoms with Gasteiger partial charge in [-0.3, -0.25) is 10.1 Å². The highest BCUT2D eigenvalue weighted by Crippen LogP contribution is 2.35. The van der Waals surface area contributed by atoms with E-state index in [-0.39, 0.29) is 29.3 Å². The second-order valence-corrected chi connectivity index (χ2v) is 6.03. The number of nitrogens with zero attached hydrogens (tertiary/aromatic N) is 1. The molecule has 0 atom stereocenters. The van der Waals surface area contributed by atoms with Crippen LogP contribution in [0.3, 0.4) is 0 Å². The zero-order valence-electron chi connectivity index (χ0n) is 15.5. The number of aromatic carboxylic acids is 1. The van der Waals surface area contributed by atoms with Gasteiger partial charge in [-0.15, -0.1) is 0 Å². The van der Waals surface area contributed by atoms with E-state index in [1.165, 1.54) is 25.3 Å². The van der Waals surface area contributed by atoms with Crippen LogP contribution in [0.2, 0.25) is 0 Å². The monoisotopic (exact) mass is 394 g/mol. The Morgan fingerprint density at radius 2 is 1.83 bits per heavy atom. The molecule has 0 bridgehead atoms. The van der Waals surface area contributed by atoms with Crippen LogP contribution in [0.25, 0.3) is 0 Å². The van der Waals surface area contributed by atoms with Crippen molar-refractivity contribution in [2.24, 2.45) is 0 Å². The number of hydrogen-bond acceptors (Lipinski definition) is 6. The fourth-order valence-corrected chi connectivity index (χ4v) is 2.75. The molecular weight excluding hydrogens is 376 g/mol. The second-order valence-electron chi connectivity index (χ2n) is 6.03. The summed E-state index contributed by atoms with van der Waals surface area (Å²) in [6.07, 6.45) is 0. The van der Waals surface area contributed by atoms with Crippen LogP contribution in [0.15, 0.2) is 66.7 Å². The topological polar surface area (TPSA) is 111 Å². The van der Waals surface area contributed by atoms with Crippen molar-refractivity contribution in [3.8, 4) is 11.5 Å². The molecule has 3 rings (SSSR count). The summed E-state index contributed by atoms with van der Waals surface area (Å²) in [5, 5.41) is 23.8. The number of methoxy groups -OCH3 is 1. The molecule has 148 valence electrons. The van der Waals surface area contributed by atoms with Gasteiger partial charge < -0.3 is 19.9 Å². The molecular formula is C21H18N2O6. The Morgan fingerprint density at radius 1 is 1.07 bits per heavy atom. The summed E-state index contributed by atoms with van der Waals surface area (Å²) in [6.45, 7) is 0.185. The minimum atomic E-state index is -1.15. The second kappa shape index (κ2) is 8.75. The van der Waals surface area contributed by atoms with Gasteiger partial charge in [0.2, 0.25) is 0 Å². The Bertz CT molecular complexity index is 1040. The normalized spacial score (nSPS) is 10.2. The van der Waals surface area contributed by atoms with Gasteiger partial charge in [-0.05, 0) is 29.8 Å². The highest BCUT2D eigenvalue weighted by molar-refractivity contribution is 5.97. The number of carboxylic acids is 1. The highest BCUT2D eigenvalue weighted by atomic mass is 16.6. The van der Waals surface area contributed by atoms with E-state index < -0.39 is 10.9 Å². The van der Waals surface area contributed by atoms with Gasteiger partial charge >= 0.3 is 11.7 Å². The summed E-state index contributed by atoms with van der Waals surface area (Å²) in [5.74, 6) is -0.733. The van der Waals surface area contributed by atoms with E-state index in [0.29, 0.717) is 11.4 Å². The average molecular weight is 394 g/mol. The molecule has 0 fully saturated rings. The van der Waals surface area contributed by atoms with Crippen molar-refractivity contribution in [1.29, 1.82) is 0 Å². The van der Waals surface area contributed by atoms with Gasteiger partial charge in [0.15, 0.2) is 5.75 Å². The molecule has 8 nitrogen and oxygen atoms in total. The number of para-hydroxylation sites is 1. The Balaban J connectivity index is 1.90. The Kier molecular flexibility index (Phi) is 5.94. The van der Waals surface area contributed by atoms with E-state index in [1.807, 2.05) is 30.3 Å². The predicted octanol–water partition coefficient (Wildman–Crippen LogP) is 4.62. The number of benzene rings is 3. The van der Waals surface area contributed by atoms with E-state index in [9.17, 15) is 20.0 Å². The van der Waals surface area contributed by atoms with Gasteiger partial charge in [-0.2, -0.15) is 0 Å². The third-order valence-corrected chi connectivity index (χ3v) is 4.14. The first kappa shape index (κ1) is 19.7. The third-order valence-electron chi connectivity index (χ3n) is 4.14. The van der Waals surface area contributed by atoms with E-state index >= 15 is 0 Å². The lowest BCUT2D eigenvalue weighted by Gasteiger charge is -2.14. The molecule has 29 heavy (non-hydrogen) atoms. The quantitative estimate of drug-likeness (QED) is 0.423. The molecule has 0 spiro atoms. The summed E-state index contributed by atoms with van der Waals surface area (Å²) < 4.78 is 10.8. The van der Waals surface area contributed by atoms with Crippen molar-refractivity contribution in [3.63, 3.8) is 0 Å². The lowest BCUT2D eigenvalue weighted by atomic mass is 10.1. The fourth-order valence-electron chi connectivity index (χ4n) is 2.75. The maximum absolute atomic E-state index is 11.5. The molecule has 3 aromatic rings. The number of ether oxygens (including phenoxy) is 2. The fraction of sp³-hybridized carbons (Fsp3) is 0.0952. The molecule has 0 saturated carbocycles. The van der Waals surface area contributed by atoms with Crippen LogP contribution in [0, 0.1) is 10.1 Å². The van der Waals surface area contributed by atoms with Gasteiger partial charge in [0.1, 0.15) is 12.4 Å². The summed E-state index contributed by atoms with van der Waals surface area (Å²) in [7, 11) is 1.41. The van der Waals surface area contributed by atoms with Crippen LogP contribution in [-0.4, -0.2) is 23.1 Å². The van der Waals surface area contributed by atoms with E-state index in [0.717, 1.165) is 5.56 Å². The minimum absolute atomic E-state index is 0.0172. The number of hydrogen-bond donors (Lipinski definition) is 2. The van der Waals surface area contributed by atoms with Gasteiger partial charge in [-0.1, -0.05) is 36.4 Å². The largest absolute Gasteiger partial charge is 0.495 e. The Morgan fingerprint density at radius 3 is 2.48 bits per heavy atom. The molecule has 2 N–H and O–H groups in total. The molecule has 0 unspecified atom stereocenters.